The summed E-state index contributed by atoms with van der Waals surface area (Å²) in [6, 6.07) is 2.03. The zero-order valence-electron chi connectivity index (χ0n) is 16.3. The summed E-state index contributed by atoms with van der Waals surface area (Å²) in [7, 11) is 3.82. The lowest BCUT2D eigenvalue weighted by molar-refractivity contribution is -0.135. The Balaban J connectivity index is 1.46. The molecule has 3 heterocycles. The van der Waals surface area contributed by atoms with Gasteiger partial charge in [-0.2, -0.15) is 10.2 Å². The van der Waals surface area contributed by atoms with Crippen molar-refractivity contribution < 1.29 is 4.79 Å². The first-order valence-corrected chi connectivity index (χ1v) is 9.66. The molecule has 0 spiro atoms. The number of aromatic nitrogens is 5. The van der Waals surface area contributed by atoms with Crippen LogP contribution < -0.4 is 0 Å². The minimum absolute atomic E-state index is 0.00274. The van der Waals surface area contributed by atoms with Crippen molar-refractivity contribution in [3.05, 3.63) is 49.2 Å². The van der Waals surface area contributed by atoms with Crippen LogP contribution in [0.25, 0.3) is 16.8 Å². The van der Waals surface area contributed by atoms with Gasteiger partial charge in [0.15, 0.2) is 0 Å². The van der Waals surface area contributed by atoms with Crippen LogP contribution >= 0.6 is 0 Å². The fourth-order valence-corrected chi connectivity index (χ4v) is 5.36. The fourth-order valence-electron chi connectivity index (χ4n) is 5.36. The van der Waals surface area contributed by atoms with Gasteiger partial charge in [0.25, 0.3) is 0 Å². The maximum Gasteiger partial charge on any atom is 0.246 e. The van der Waals surface area contributed by atoms with Crippen molar-refractivity contribution in [2.24, 2.45) is 12.5 Å². The Kier molecular flexibility index (Phi) is 3.53. The van der Waals surface area contributed by atoms with E-state index in [9.17, 15) is 4.79 Å². The third kappa shape index (κ3) is 2.42. The van der Waals surface area contributed by atoms with E-state index in [0.29, 0.717) is 0 Å². The number of hydrogen-bond donors (Lipinski definition) is 0. The van der Waals surface area contributed by atoms with E-state index in [-0.39, 0.29) is 16.9 Å². The van der Waals surface area contributed by atoms with Crippen LogP contribution in [0.5, 0.6) is 0 Å². The maximum atomic E-state index is 12.1. The van der Waals surface area contributed by atoms with Crippen molar-refractivity contribution in [1.29, 1.82) is 0 Å². The maximum absolute atomic E-state index is 12.1. The van der Waals surface area contributed by atoms with E-state index in [0.717, 1.165) is 54.6 Å². The van der Waals surface area contributed by atoms with Crippen LogP contribution in [0.1, 0.15) is 31.4 Å². The predicted octanol–water partition coefficient (Wildman–Crippen LogP) is 2.63. The van der Waals surface area contributed by atoms with Crippen LogP contribution in [-0.4, -0.2) is 47.8 Å². The summed E-state index contributed by atoms with van der Waals surface area (Å²) < 4.78 is 3.70. The molecule has 144 valence electrons. The van der Waals surface area contributed by atoms with Crippen LogP contribution in [-0.2, 0) is 18.3 Å². The summed E-state index contributed by atoms with van der Waals surface area (Å²) >= 11 is 0. The molecule has 3 fully saturated rings. The average molecular weight is 376 g/mol. The highest BCUT2D eigenvalue weighted by Gasteiger charge is 2.63. The minimum atomic E-state index is 0.00274. The summed E-state index contributed by atoms with van der Waals surface area (Å²) in [6.07, 6.45) is 14.2. The van der Waals surface area contributed by atoms with Gasteiger partial charge in [-0.3, -0.25) is 9.48 Å². The van der Waals surface area contributed by atoms with Crippen LogP contribution in [0.3, 0.4) is 0 Å². The van der Waals surface area contributed by atoms with Crippen LogP contribution in [0, 0.1) is 5.41 Å². The highest BCUT2D eigenvalue weighted by molar-refractivity contribution is 5.87. The standard InChI is InChI=1S/C21H24N6O/c1-4-19(28)26(3)21-7-6-20(13-21,14-21)9-16-18-5-8-22-27(18)12-17(24-16)15-10-23-25(2)11-15/h4-5,8,10-12H,1,6-7,9,13-14H2,2-3H3. The quantitative estimate of drug-likeness (QED) is 0.642. The number of likely N-dealkylation sites (N-methyl/N-ethyl adjacent to an activating group) is 1. The van der Waals surface area contributed by atoms with Crippen molar-refractivity contribution in [1.82, 2.24) is 29.3 Å². The normalized spacial score (nSPS) is 25.6. The number of carbonyl (C=O) groups is 1. The third-order valence-corrected chi connectivity index (χ3v) is 6.75. The molecule has 3 aliphatic rings. The van der Waals surface area contributed by atoms with Crippen LogP contribution in [0.2, 0.25) is 0 Å². The van der Waals surface area contributed by atoms with E-state index < -0.39 is 0 Å². The van der Waals surface area contributed by atoms with E-state index in [1.165, 1.54) is 6.08 Å². The van der Waals surface area contributed by atoms with E-state index in [4.69, 9.17) is 4.98 Å². The highest BCUT2D eigenvalue weighted by atomic mass is 16.2. The molecule has 0 N–H and O–H groups in total. The first-order chi connectivity index (χ1) is 13.4. The lowest BCUT2D eigenvalue weighted by Crippen LogP contribution is -2.56. The van der Waals surface area contributed by atoms with Gasteiger partial charge in [-0.05, 0) is 49.7 Å². The second-order valence-electron chi connectivity index (χ2n) is 8.49. The molecule has 7 nitrogen and oxygen atoms in total. The van der Waals surface area contributed by atoms with Gasteiger partial charge in [0.1, 0.15) is 0 Å². The number of rotatable bonds is 5. The topological polar surface area (TPSA) is 68.3 Å². The number of amides is 1. The Morgan fingerprint density at radius 3 is 2.86 bits per heavy atom. The molecule has 3 saturated carbocycles. The zero-order valence-corrected chi connectivity index (χ0v) is 16.3. The number of nitrogens with zero attached hydrogens (tertiary/aromatic N) is 6. The molecule has 2 bridgehead atoms. The van der Waals surface area contributed by atoms with E-state index in [2.05, 4.69) is 16.8 Å². The molecule has 0 atom stereocenters. The van der Waals surface area contributed by atoms with E-state index >= 15 is 0 Å². The molecular weight excluding hydrogens is 352 g/mol. The molecule has 0 unspecified atom stereocenters. The van der Waals surface area contributed by atoms with Gasteiger partial charge in [-0.15, -0.1) is 0 Å². The largest absolute Gasteiger partial charge is 0.337 e. The lowest BCUT2D eigenvalue weighted by atomic mass is 9.62. The minimum Gasteiger partial charge on any atom is -0.337 e. The van der Waals surface area contributed by atoms with Gasteiger partial charge in [0, 0.05) is 31.4 Å². The van der Waals surface area contributed by atoms with Crippen LogP contribution in [0.15, 0.2) is 43.5 Å². The first kappa shape index (κ1) is 17.2. The molecule has 3 aliphatic carbocycles. The van der Waals surface area contributed by atoms with Crippen molar-refractivity contribution in [2.45, 2.75) is 37.6 Å². The molecule has 7 heteroatoms. The molecule has 3 aromatic heterocycles. The Hall–Kier alpha value is -2.96. The molecule has 28 heavy (non-hydrogen) atoms. The van der Waals surface area contributed by atoms with Gasteiger partial charge >= 0.3 is 0 Å². The van der Waals surface area contributed by atoms with Crippen molar-refractivity contribution in [3.8, 4) is 11.3 Å². The Bertz CT molecular complexity index is 1090. The molecule has 3 aromatic rings. The van der Waals surface area contributed by atoms with E-state index in [1.54, 1.807) is 4.68 Å². The number of carbonyl (C=O) groups excluding carboxylic acids is 1. The highest BCUT2D eigenvalue weighted by Crippen LogP contribution is 2.65. The Labute approximate surface area is 163 Å². The Morgan fingerprint density at radius 2 is 2.14 bits per heavy atom. The zero-order chi connectivity index (χ0) is 19.5. The van der Waals surface area contributed by atoms with E-state index in [1.807, 2.05) is 54.4 Å². The SMILES string of the molecule is C=CC(=O)N(C)C12CCC(Cc3nc(-c4cnn(C)c4)cn4nccc34)(C1)C2. The fraction of sp³-hybridized carbons (Fsp3) is 0.429. The summed E-state index contributed by atoms with van der Waals surface area (Å²) in [6.45, 7) is 3.64. The number of fused-ring (bicyclic) bond motifs is 2. The van der Waals surface area contributed by atoms with Gasteiger partial charge in [0.05, 0.1) is 35.5 Å². The average Bonchev–Trinajstić information content (AvgIpc) is 3.42. The summed E-state index contributed by atoms with van der Waals surface area (Å²) in [5.41, 5.74) is 4.24. The third-order valence-electron chi connectivity index (χ3n) is 6.75. The summed E-state index contributed by atoms with van der Waals surface area (Å²) in [4.78, 5) is 19.0. The van der Waals surface area contributed by atoms with Crippen molar-refractivity contribution in [3.63, 3.8) is 0 Å². The lowest BCUT2D eigenvalue weighted by Gasteiger charge is -2.52. The number of aryl methyl sites for hydroxylation is 1. The molecule has 6 rings (SSSR count). The molecule has 0 radical (unpaired) electrons. The summed E-state index contributed by atoms with van der Waals surface area (Å²) in [5.74, 6) is 0.0189. The van der Waals surface area contributed by atoms with Gasteiger partial charge < -0.3 is 4.90 Å². The summed E-state index contributed by atoms with van der Waals surface area (Å²) in [5, 5.41) is 8.71. The molecule has 0 aromatic carbocycles. The van der Waals surface area contributed by atoms with Crippen LogP contribution in [0.4, 0.5) is 0 Å². The van der Waals surface area contributed by atoms with Gasteiger partial charge in [-0.1, -0.05) is 6.58 Å². The monoisotopic (exact) mass is 376 g/mol. The van der Waals surface area contributed by atoms with Crippen molar-refractivity contribution >= 4 is 11.4 Å². The number of hydrogen-bond acceptors (Lipinski definition) is 4. The molecular formula is C21H24N6O. The molecule has 0 saturated heterocycles. The van der Waals surface area contributed by atoms with Gasteiger partial charge in [-0.25, -0.2) is 9.50 Å². The predicted molar refractivity (Wildman–Crippen MR) is 105 cm³/mol. The molecule has 0 aliphatic heterocycles. The first-order valence-electron chi connectivity index (χ1n) is 9.66. The molecule has 1 amide bonds. The second kappa shape index (κ2) is 5.77. The van der Waals surface area contributed by atoms with Gasteiger partial charge in [0.2, 0.25) is 5.91 Å². The smallest absolute Gasteiger partial charge is 0.246 e. The second-order valence-corrected chi connectivity index (χ2v) is 8.49. The van der Waals surface area contributed by atoms with Crippen molar-refractivity contribution in [2.75, 3.05) is 7.05 Å². The Morgan fingerprint density at radius 1 is 1.32 bits per heavy atom.